The second kappa shape index (κ2) is 7.06. The summed E-state index contributed by atoms with van der Waals surface area (Å²) < 4.78 is 0. The van der Waals surface area contributed by atoms with Gasteiger partial charge in [0, 0.05) is 31.7 Å². The van der Waals surface area contributed by atoms with E-state index in [1.165, 1.54) is 25.1 Å². The topological polar surface area (TPSA) is 15.3 Å². The molecule has 0 aromatic heterocycles. The van der Waals surface area contributed by atoms with Crippen LogP contribution in [0.4, 0.5) is 0 Å². The van der Waals surface area contributed by atoms with E-state index in [-0.39, 0.29) is 0 Å². The molecule has 0 amide bonds. The summed E-state index contributed by atoms with van der Waals surface area (Å²) in [5.41, 5.74) is 1.46. The zero-order valence-electron chi connectivity index (χ0n) is 12.6. The van der Waals surface area contributed by atoms with Crippen LogP contribution < -0.4 is 5.32 Å². The molecule has 1 heterocycles. The third-order valence-corrected chi connectivity index (χ3v) is 4.02. The molecule has 106 valence electrons. The van der Waals surface area contributed by atoms with Gasteiger partial charge in [-0.1, -0.05) is 51.1 Å². The van der Waals surface area contributed by atoms with E-state index in [0.717, 1.165) is 18.9 Å². The maximum absolute atomic E-state index is 3.70. The summed E-state index contributed by atoms with van der Waals surface area (Å²) in [6.07, 6.45) is 2.39. The molecule has 2 rings (SSSR count). The van der Waals surface area contributed by atoms with E-state index in [1.807, 2.05) is 0 Å². The minimum absolute atomic E-state index is 0.646. The molecule has 19 heavy (non-hydrogen) atoms. The Balaban J connectivity index is 2.00. The van der Waals surface area contributed by atoms with E-state index in [4.69, 9.17) is 0 Å². The molecule has 0 aliphatic carbocycles. The number of nitrogens with one attached hydrogen (secondary N) is 1. The second-order valence-electron chi connectivity index (χ2n) is 6.20. The van der Waals surface area contributed by atoms with Gasteiger partial charge in [-0.25, -0.2) is 0 Å². The summed E-state index contributed by atoms with van der Waals surface area (Å²) in [6, 6.07) is 12.2. The molecule has 1 saturated heterocycles. The van der Waals surface area contributed by atoms with Gasteiger partial charge in [0.2, 0.25) is 0 Å². The molecule has 1 aromatic rings. The van der Waals surface area contributed by atoms with Crippen LogP contribution in [0.2, 0.25) is 0 Å². The zero-order valence-corrected chi connectivity index (χ0v) is 12.6. The molecule has 1 N–H and O–H groups in total. The van der Waals surface area contributed by atoms with Crippen molar-refractivity contribution in [3.8, 4) is 0 Å². The molecule has 0 spiro atoms. The van der Waals surface area contributed by atoms with Gasteiger partial charge >= 0.3 is 0 Å². The SMILES string of the molecule is CCC1CN(CC(C)C)C(Cc2ccccc2)CN1. The van der Waals surface area contributed by atoms with Crippen molar-refractivity contribution in [1.29, 1.82) is 0 Å². The number of nitrogens with zero attached hydrogens (tertiary/aromatic N) is 1. The van der Waals surface area contributed by atoms with Gasteiger partial charge in [0.05, 0.1) is 0 Å². The molecule has 2 unspecified atom stereocenters. The van der Waals surface area contributed by atoms with Gasteiger partial charge in [-0.15, -0.1) is 0 Å². The summed E-state index contributed by atoms with van der Waals surface area (Å²) in [6.45, 7) is 10.5. The highest BCUT2D eigenvalue weighted by molar-refractivity contribution is 5.16. The molecule has 1 aliphatic rings. The van der Waals surface area contributed by atoms with Crippen LogP contribution in [0.1, 0.15) is 32.8 Å². The highest BCUT2D eigenvalue weighted by atomic mass is 15.2. The Kier molecular flexibility index (Phi) is 5.41. The third kappa shape index (κ3) is 4.32. The van der Waals surface area contributed by atoms with Crippen LogP contribution in [-0.2, 0) is 6.42 Å². The van der Waals surface area contributed by atoms with Crippen molar-refractivity contribution in [1.82, 2.24) is 10.2 Å². The first-order valence-electron chi connectivity index (χ1n) is 7.70. The average Bonchev–Trinajstić information content (AvgIpc) is 2.41. The summed E-state index contributed by atoms with van der Waals surface area (Å²) in [5.74, 6) is 0.744. The standard InChI is InChI=1S/C17H28N2/c1-4-16-13-19(12-14(2)3)17(11-18-16)10-15-8-6-5-7-9-15/h5-9,14,16-18H,4,10-13H2,1-3H3. The fourth-order valence-corrected chi connectivity index (χ4v) is 2.98. The molecule has 2 heteroatoms. The van der Waals surface area contributed by atoms with Gasteiger partial charge in [0.25, 0.3) is 0 Å². The number of hydrogen-bond donors (Lipinski definition) is 1. The molecule has 0 bridgehead atoms. The molecule has 1 aromatic carbocycles. The average molecular weight is 260 g/mol. The highest BCUT2D eigenvalue weighted by Crippen LogP contribution is 2.16. The van der Waals surface area contributed by atoms with Crippen molar-refractivity contribution in [3.63, 3.8) is 0 Å². The maximum Gasteiger partial charge on any atom is 0.0261 e. The Hall–Kier alpha value is -0.860. The first-order chi connectivity index (χ1) is 9.19. The zero-order chi connectivity index (χ0) is 13.7. The lowest BCUT2D eigenvalue weighted by molar-refractivity contribution is 0.114. The normalized spacial score (nSPS) is 24.8. The van der Waals surface area contributed by atoms with Crippen molar-refractivity contribution in [2.24, 2.45) is 5.92 Å². The number of hydrogen-bond acceptors (Lipinski definition) is 2. The summed E-state index contributed by atoms with van der Waals surface area (Å²) in [5, 5.41) is 3.70. The van der Waals surface area contributed by atoms with Crippen LogP contribution in [0.25, 0.3) is 0 Å². The van der Waals surface area contributed by atoms with Crippen molar-refractivity contribution in [2.45, 2.75) is 45.7 Å². The van der Waals surface area contributed by atoms with Crippen LogP contribution in [0.5, 0.6) is 0 Å². The third-order valence-electron chi connectivity index (χ3n) is 4.02. The van der Waals surface area contributed by atoms with Crippen molar-refractivity contribution < 1.29 is 0 Å². The van der Waals surface area contributed by atoms with Gasteiger partial charge in [-0.2, -0.15) is 0 Å². The Bertz CT molecular complexity index is 361. The molecule has 1 fully saturated rings. The highest BCUT2D eigenvalue weighted by Gasteiger charge is 2.27. The molecule has 2 atom stereocenters. The van der Waals surface area contributed by atoms with Gasteiger partial charge in [0.1, 0.15) is 0 Å². The van der Waals surface area contributed by atoms with Crippen LogP contribution in [0.15, 0.2) is 30.3 Å². The largest absolute Gasteiger partial charge is 0.311 e. The minimum Gasteiger partial charge on any atom is -0.311 e. The van der Waals surface area contributed by atoms with E-state index >= 15 is 0 Å². The van der Waals surface area contributed by atoms with Crippen LogP contribution >= 0.6 is 0 Å². The fraction of sp³-hybridized carbons (Fsp3) is 0.647. The Labute approximate surface area is 118 Å². The summed E-state index contributed by atoms with van der Waals surface area (Å²) in [4.78, 5) is 2.70. The van der Waals surface area contributed by atoms with Crippen molar-refractivity contribution in [3.05, 3.63) is 35.9 Å². The van der Waals surface area contributed by atoms with E-state index in [0.29, 0.717) is 12.1 Å². The van der Waals surface area contributed by atoms with Crippen LogP contribution in [-0.4, -0.2) is 36.6 Å². The molecule has 1 aliphatic heterocycles. The Morgan fingerprint density at radius 3 is 2.63 bits per heavy atom. The molecule has 0 saturated carbocycles. The van der Waals surface area contributed by atoms with Gasteiger partial charge in [-0.3, -0.25) is 4.90 Å². The van der Waals surface area contributed by atoms with E-state index < -0.39 is 0 Å². The van der Waals surface area contributed by atoms with Crippen LogP contribution in [0, 0.1) is 5.92 Å². The Morgan fingerprint density at radius 1 is 1.26 bits per heavy atom. The van der Waals surface area contributed by atoms with Gasteiger partial charge in [0.15, 0.2) is 0 Å². The van der Waals surface area contributed by atoms with Gasteiger partial charge in [-0.05, 0) is 24.3 Å². The van der Waals surface area contributed by atoms with Crippen molar-refractivity contribution >= 4 is 0 Å². The summed E-state index contributed by atoms with van der Waals surface area (Å²) >= 11 is 0. The summed E-state index contributed by atoms with van der Waals surface area (Å²) in [7, 11) is 0. The number of piperazine rings is 1. The van der Waals surface area contributed by atoms with E-state index in [9.17, 15) is 0 Å². The lowest BCUT2D eigenvalue weighted by atomic mass is 9.99. The van der Waals surface area contributed by atoms with E-state index in [2.05, 4.69) is 61.3 Å². The maximum atomic E-state index is 3.70. The molecule has 0 radical (unpaired) electrons. The van der Waals surface area contributed by atoms with Crippen molar-refractivity contribution in [2.75, 3.05) is 19.6 Å². The molecular weight excluding hydrogens is 232 g/mol. The monoisotopic (exact) mass is 260 g/mol. The molecular formula is C17H28N2. The minimum atomic E-state index is 0.646. The lowest BCUT2D eigenvalue weighted by Crippen LogP contribution is -2.57. The van der Waals surface area contributed by atoms with E-state index in [1.54, 1.807) is 0 Å². The number of benzene rings is 1. The Morgan fingerprint density at radius 2 is 2.00 bits per heavy atom. The fourth-order valence-electron chi connectivity index (χ4n) is 2.98. The quantitative estimate of drug-likeness (QED) is 0.875. The van der Waals surface area contributed by atoms with Crippen LogP contribution in [0.3, 0.4) is 0 Å². The predicted octanol–water partition coefficient (Wildman–Crippen LogP) is 2.94. The molecule has 2 nitrogen and oxygen atoms in total. The lowest BCUT2D eigenvalue weighted by Gasteiger charge is -2.41. The smallest absolute Gasteiger partial charge is 0.0261 e. The first kappa shape index (κ1) is 14.5. The van der Waals surface area contributed by atoms with Gasteiger partial charge < -0.3 is 5.32 Å². The predicted molar refractivity (Wildman–Crippen MR) is 82.4 cm³/mol. The first-order valence-corrected chi connectivity index (χ1v) is 7.70. The number of rotatable bonds is 5. The second-order valence-corrected chi connectivity index (χ2v) is 6.20.